The van der Waals surface area contributed by atoms with Crippen molar-refractivity contribution in [3.8, 4) is 0 Å². The highest BCUT2D eigenvalue weighted by atomic mass is 16.4. The fraction of sp³-hybridized carbons (Fsp3) is 0.385. The highest BCUT2D eigenvalue weighted by Gasteiger charge is 2.12. The normalized spacial score (nSPS) is 10.4. The van der Waals surface area contributed by atoms with Gasteiger partial charge in [-0.25, -0.2) is 9.59 Å². The number of aromatic carboxylic acids is 2. The van der Waals surface area contributed by atoms with Crippen molar-refractivity contribution in [3.63, 3.8) is 0 Å². The Labute approximate surface area is 105 Å². The Balaban J connectivity index is 3.10. The van der Waals surface area contributed by atoms with Gasteiger partial charge in [-0.15, -0.1) is 0 Å². The number of hydrogen-bond acceptors (Lipinski definition) is 3. The van der Waals surface area contributed by atoms with Crippen LogP contribution in [0.3, 0.4) is 0 Å². The van der Waals surface area contributed by atoms with E-state index in [1.165, 1.54) is 12.1 Å². The summed E-state index contributed by atoms with van der Waals surface area (Å²) in [6.07, 6.45) is 1.77. The van der Waals surface area contributed by atoms with E-state index in [1.807, 2.05) is 13.8 Å². The van der Waals surface area contributed by atoms with Crippen LogP contribution in [0.2, 0.25) is 0 Å². The average molecular weight is 251 g/mol. The zero-order valence-corrected chi connectivity index (χ0v) is 10.4. The monoisotopic (exact) mass is 251 g/mol. The van der Waals surface area contributed by atoms with Gasteiger partial charge in [0.25, 0.3) is 0 Å². The van der Waals surface area contributed by atoms with Crippen molar-refractivity contribution in [2.45, 2.75) is 32.7 Å². The first-order valence-corrected chi connectivity index (χ1v) is 5.86. The first-order chi connectivity index (χ1) is 8.47. The molecule has 98 valence electrons. The third-order valence-electron chi connectivity index (χ3n) is 2.78. The third-order valence-corrected chi connectivity index (χ3v) is 2.78. The van der Waals surface area contributed by atoms with Crippen molar-refractivity contribution in [2.75, 3.05) is 5.32 Å². The SMILES string of the molecule is CCC(CC)Nc1cc(C(=O)O)cc(C(=O)O)c1. The van der Waals surface area contributed by atoms with Gasteiger partial charge in [0, 0.05) is 11.7 Å². The molecule has 0 aliphatic carbocycles. The lowest BCUT2D eigenvalue weighted by Gasteiger charge is -2.17. The number of carboxylic acid groups (broad SMARTS) is 2. The van der Waals surface area contributed by atoms with E-state index in [2.05, 4.69) is 5.32 Å². The Morgan fingerprint density at radius 2 is 1.50 bits per heavy atom. The van der Waals surface area contributed by atoms with Gasteiger partial charge >= 0.3 is 11.9 Å². The predicted octanol–water partition coefficient (Wildman–Crippen LogP) is 2.68. The Bertz CT molecular complexity index is 420. The summed E-state index contributed by atoms with van der Waals surface area (Å²) in [5.74, 6) is -2.27. The molecule has 1 rings (SSSR count). The summed E-state index contributed by atoms with van der Waals surface area (Å²) in [5, 5.41) is 21.0. The molecule has 18 heavy (non-hydrogen) atoms. The minimum atomic E-state index is -1.13. The van der Waals surface area contributed by atoms with Crippen LogP contribution in [0.4, 0.5) is 5.69 Å². The molecule has 1 aromatic rings. The van der Waals surface area contributed by atoms with E-state index in [0.717, 1.165) is 18.9 Å². The average Bonchev–Trinajstić information content (AvgIpc) is 2.35. The predicted molar refractivity (Wildman–Crippen MR) is 68.4 cm³/mol. The van der Waals surface area contributed by atoms with Gasteiger partial charge in [-0.3, -0.25) is 0 Å². The summed E-state index contributed by atoms with van der Waals surface area (Å²) >= 11 is 0. The molecule has 0 amide bonds. The van der Waals surface area contributed by atoms with Crippen LogP contribution in [0.25, 0.3) is 0 Å². The van der Waals surface area contributed by atoms with E-state index in [4.69, 9.17) is 10.2 Å². The highest BCUT2D eigenvalue weighted by molar-refractivity contribution is 5.95. The second-order valence-corrected chi connectivity index (χ2v) is 4.07. The second kappa shape index (κ2) is 6.05. The number of carbonyl (C=O) groups is 2. The van der Waals surface area contributed by atoms with Crippen LogP contribution in [-0.4, -0.2) is 28.2 Å². The summed E-state index contributed by atoms with van der Waals surface area (Å²) in [5.41, 5.74) is 0.479. The van der Waals surface area contributed by atoms with Crippen LogP contribution in [0.5, 0.6) is 0 Å². The van der Waals surface area contributed by atoms with Crippen LogP contribution < -0.4 is 5.32 Å². The summed E-state index contributed by atoms with van der Waals surface area (Å²) in [4.78, 5) is 21.9. The van der Waals surface area contributed by atoms with Gasteiger partial charge in [0.1, 0.15) is 0 Å². The van der Waals surface area contributed by atoms with Crippen LogP contribution in [-0.2, 0) is 0 Å². The van der Waals surface area contributed by atoms with E-state index in [-0.39, 0.29) is 17.2 Å². The molecule has 0 aromatic heterocycles. The van der Waals surface area contributed by atoms with E-state index in [9.17, 15) is 9.59 Å². The zero-order chi connectivity index (χ0) is 13.7. The second-order valence-electron chi connectivity index (χ2n) is 4.07. The molecule has 0 unspecified atom stereocenters. The van der Waals surface area contributed by atoms with E-state index in [0.29, 0.717) is 5.69 Å². The lowest BCUT2D eigenvalue weighted by atomic mass is 10.1. The van der Waals surface area contributed by atoms with Gasteiger partial charge < -0.3 is 15.5 Å². The fourth-order valence-corrected chi connectivity index (χ4v) is 1.69. The van der Waals surface area contributed by atoms with Gasteiger partial charge in [0.15, 0.2) is 0 Å². The van der Waals surface area contributed by atoms with Crippen LogP contribution in [0.1, 0.15) is 47.4 Å². The maximum Gasteiger partial charge on any atom is 0.335 e. The molecule has 0 fully saturated rings. The molecular formula is C13H17NO4. The lowest BCUT2D eigenvalue weighted by molar-refractivity contribution is 0.0696. The molecular weight excluding hydrogens is 234 g/mol. The molecule has 0 aliphatic heterocycles. The minimum absolute atomic E-state index is 0.0247. The number of benzene rings is 1. The van der Waals surface area contributed by atoms with Gasteiger partial charge in [0.05, 0.1) is 11.1 Å². The van der Waals surface area contributed by atoms with Gasteiger partial charge in [0.2, 0.25) is 0 Å². The molecule has 0 saturated carbocycles. The molecule has 0 heterocycles. The maximum absolute atomic E-state index is 10.9. The summed E-state index contributed by atoms with van der Waals surface area (Å²) in [6, 6.07) is 4.26. The Kier molecular flexibility index (Phi) is 4.71. The van der Waals surface area contributed by atoms with E-state index < -0.39 is 11.9 Å². The molecule has 0 saturated heterocycles. The highest BCUT2D eigenvalue weighted by Crippen LogP contribution is 2.18. The molecule has 0 radical (unpaired) electrons. The first-order valence-electron chi connectivity index (χ1n) is 5.86. The van der Waals surface area contributed by atoms with Crippen molar-refractivity contribution < 1.29 is 19.8 Å². The Hall–Kier alpha value is -2.04. The number of carboxylic acids is 2. The van der Waals surface area contributed by atoms with Gasteiger partial charge in [-0.1, -0.05) is 13.8 Å². The molecule has 0 atom stereocenters. The molecule has 1 aromatic carbocycles. The quantitative estimate of drug-likeness (QED) is 0.723. The van der Waals surface area contributed by atoms with Crippen LogP contribution in [0.15, 0.2) is 18.2 Å². The molecule has 5 heteroatoms. The van der Waals surface area contributed by atoms with Crippen molar-refractivity contribution in [1.29, 1.82) is 0 Å². The summed E-state index contributed by atoms with van der Waals surface area (Å²) < 4.78 is 0. The van der Waals surface area contributed by atoms with Crippen molar-refractivity contribution in [3.05, 3.63) is 29.3 Å². The maximum atomic E-state index is 10.9. The fourth-order valence-electron chi connectivity index (χ4n) is 1.69. The summed E-state index contributed by atoms with van der Waals surface area (Å²) in [6.45, 7) is 4.03. The Morgan fingerprint density at radius 3 is 1.83 bits per heavy atom. The zero-order valence-electron chi connectivity index (χ0n) is 10.4. The number of rotatable bonds is 6. The smallest absolute Gasteiger partial charge is 0.335 e. The molecule has 3 N–H and O–H groups in total. The minimum Gasteiger partial charge on any atom is -0.478 e. The van der Waals surface area contributed by atoms with E-state index in [1.54, 1.807) is 0 Å². The van der Waals surface area contributed by atoms with Crippen LogP contribution in [0, 0.1) is 0 Å². The van der Waals surface area contributed by atoms with Gasteiger partial charge in [-0.2, -0.15) is 0 Å². The number of anilines is 1. The molecule has 5 nitrogen and oxygen atoms in total. The summed E-state index contributed by atoms with van der Waals surface area (Å²) in [7, 11) is 0. The van der Waals surface area contributed by atoms with Crippen LogP contribution >= 0.6 is 0 Å². The van der Waals surface area contributed by atoms with E-state index >= 15 is 0 Å². The first kappa shape index (κ1) is 14.0. The van der Waals surface area contributed by atoms with Gasteiger partial charge in [-0.05, 0) is 31.0 Å². The molecule has 0 aliphatic rings. The lowest BCUT2D eigenvalue weighted by Crippen LogP contribution is -2.17. The van der Waals surface area contributed by atoms with Crippen molar-refractivity contribution in [1.82, 2.24) is 0 Å². The largest absolute Gasteiger partial charge is 0.478 e. The standard InChI is InChI=1S/C13H17NO4/c1-3-10(4-2)14-11-6-8(12(15)16)5-9(7-11)13(17)18/h5-7,10,14H,3-4H2,1-2H3,(H,15,16)(H,17,18). The molecule has 0 bridgehead atoms. The number of nitrogens with one attached hydrogen (secondary N) is 1. The topological polar surface area (TPSA) is 86.6 Å². The Morgan fingerprint density at radius 1 is 1.06 bits per heavy atom. The van der Waals surface area contributed by atoms with Crippen molar-refractivity contribution in [2.24, 2.45) is 0 Å². The molecule has 0 spiro atoms. The number of hydrogen-bond donors (Lipinski definition) is 3. The third kappa shape index (κ3) is 3.48. The van der Waals surface area contributed by atoms with Crippen molar-refractivity contribution >= 4 is 17.6 Å².